The zero-order chi connectivity index (χ0) is 17.7. The molecule has 1 aromatic rings. The fraction of sp³-hybridized carbons (Fsp3) is 0.611. The van der Waals surface area contributed by atoms with Gasteiger partial charge in [-0.25, -0.2) is 13.1 Å². The summed E-state index contributed by atoms with van der Waals surface area (Å²) in [6.07, 6.45) is 4.05. The second-order valence-corrected chi connectivity index (χ2v) is 8.36. The van der Waals surface area contributed by atoms with E-state index in [1.165, 1.54) is 25.0 Å². The van der Waals surface area contributed by atoms with E-state index < -0.39 is 10.0 Å². The van der Waals surface area contributed by atoms with E-state index in [1.807, 2.05) is 18.7 Å². The molecule has 0 aliphatic heterocycles. The van der Waals surface area contributed by atoms with Gasteiger partial charge in [-0.1, -0.05) is 13.8 Å². The molecule has 134 valence electrons. The number of amides is 1. The molecule has 2 rings (SSSR count). The van der Waals surface area contributed by atoms with Crippen molar-refractivity contribution in [3.63, 3.8) is 0 Å². The highest BCUT2D eigenvalue weighted by molar-refractivity contribution is 7.89. The first-order chi connectivity index (χ1) is 11.4. The Balaban J connectivity index is 2.10. The summed E-state index contributed by atoms with van der Waals surface area (Å²) in [5.74, 6) is 0.627. The van der Waals surface area contributed by atoms with Crippen molar-refractivity contribution in [3.05, 3.63) is 29.8 Å². The number of benzene rings is 1. The van der Waals surface area contributed by atoms with Crippen molar-refractivity contribution in [1.82, 2.24) is 9.62 Å². The predicted octanol–water partition coefficient (Wildman–Crippen LogP) is 3.03. The van der Waals surface area contributed by atoms with Crippen LogP contribution >= 0.6 is 0 Å². The molecule has 1 unspecified atom stereocenters. The van der Waals surface area contributed by atoms with Gasteiger partial charge in [0.1, 0.15) is 0 Å². The molecular weight excluding hydrogens is 324 g/mol. The van der Waals surface area contributed by atoms with Gasteiger partial charge in [-0.15, -0.1) is 0 Å². The van der Waals surface area contributed by atoms with Gasteiger partial charge in [0.25, 0.3) is 5.91 Å². The molecular formula is C18H28N2O3S. The van der Waals surface area contributed by atoms with Gasteiger partial charge >= 0.3 is 0 Å². The van der Waals surface area contributed by atoms with Crippen LogP contribution in [-0.2, 0) is 10.0 Å². The van der Waals surface area contributed by atoms with E-state index in [0.29, 0.717) is 11.5 Å². The Kier molecular flexibility index (Phi) is 6.40. The number of rotatable bonds is 9. The van der Waals surface area contributed by atoms with E-state index in [0.717, 1.165) is 25.9 Å². The number of sulfonamides is 1. The summed E-state index contributed by atoms with van der Waals surface area (Å²) >= 11 is 0. The Bertz CT molecular complexity index is 651. The fourth-order valence-corrected chi connectivity index (χ4v) is 3.86. The molecule has 0 spiro atoms. The van der Waals surface area contributed by atoms with E-state index in [-0.39, 0.29) is 16.8 Å². The largest absolute Gasteiger partial charge is 0.338 e. The number of carbonyl (C=O) groups excluding carboxylic acids is 1. The summed E-state index contributed by atoms with van der Waals surface area (Å²) < 4.78 is 27.2. The van der Waals surface area contributed by atoms with Crippen LogP contribution in [0.2, 0.25) is 0 Å². The Morgan fingerprint density at radius 2 is 1.88 bits per heavy atom. The maximum Gasteiger partial charge on any atom is 0.253 e. The average Bonchev–Trinajstić information content (AvgIpc) is 3.37. The Morgan fingerprint density at radius 1 is 1.25 bits per heavy atom. The summed E-state index contributed by atoms with van der Waals surface area (Å²) in [6.45, 7) is 7.36. The van der Waals surface area contributed by atoms with Crippen LogP contribution in [-0.4, -0.2) is 38.4 Å². The van der Waals surface area contributed by atoms with Crippen LogP contribution in [0.25, 0.3) is 0 Å². The zero-order valence-corrected chi connectivity index (χ0v) is 15.6. The SMILES string of the molecule is CCCN(CC1CC1)C(=O)c1ccc(S(=O)(=O)NC(C)CC)cc1. The smallest absolute Gasteiger partial charge is 0.253 e. The van der Waals surface area contributed by atoms with Crippen LogP contribution in [0.5, 0.6) is 0 Å². The first-order valence-electron chi connectivity index (χ1n) is 8.79. The lowest BCUT2D eigenvalue weighted by atomic mass is 10.2. The van der Waals surface area contributed by atoms with Gasteiger partial charge in [-0.05, 0) is 62.8 Å². The van der Waals surface area contributed by atoms with Crippen molar-refractivity contribution in [3.8, 4) is 0 Å². The van der Waals surface area contributed by atoms with Crippen molar-refractivity contribution in [1.29, 1.82) is 0 Å². The zero-order valence-electron chi connectivity index (χ0n) is 14.8. The van der Waals surface area contributed by atoms with Crippen LogP contribution < -0.4 is 4.72 Å². The van der Waals surface area contributed by atoms with E-state index in [2.05, 4.69) is 11.6 Å². The van der Waals surface area contributed by atoms with E-state index in [4.69, 9.17) is 0 Å². The third-order valence-corrected chi connectivity index (χ3v) is 5.94. The molecule has 5 nitrogen and oxygen atoms in total. The number of carbonyl (C=O) groups is 1. The van der Waals surface area contributed by atoms with Gasteiger partial charge in [0.05, 0.1) is 4.90 Å². The van der Waals surface area contributed by atoms with Crippen LogP contribution in [0.3, 0.4) is 0 Å². The first kappa shape index (κ1) is 18.9. The predicted molar refractivity (Wildman–Crippen MR) is 95.4 cm³/mol. The van der Waals surface area contributed by atoms with Gasteiger partial charge in [-0.3, -0.25) is 4.79 Å². The van der Waals surface area contributed by atoms with Crippen molar-refractivity contribution < 1.29 is 13.2 Å². The molecule has 24 heavy (non-hydrogen) atoms. The molecule has 0 heterocycles. The van der Waals surface area contributed by atoms with E-state index in [9.17, 15) is 13.2 Å². The minimum absolute atomic E-state index is 0.0115. The molecule has 0 radical (unpaired) electrons. The average molecular weight is 353 g/mol. The highest BCUT2D eigenvalue weighted by Gasteiger charge is 2.27. The Labute approximate surface area is 145 Å². The second kappa shape index (κ2) is 8.12. The lowest BCUT2D eigenvalue weighted by molar-refractivity contribution is 0.0747. The quantitative estimate of drug-likeness (QED) is 0.743. The molecule has 6 heteroatoms. The summed E-state index contributed by atoms with van der Waals surface area (Å²) in [5, 5.41) is 0. The number of hydrogen-bond donors (Lipinski definition) is 1. The normalized spacial score (nSPS) is 16.0. The number of nitrogens with one attached hydrogen (secondary N) is 1. The molecule has 1 N–H and O–H groups in total. The van der Waals surface area contributed by atoms with Crippen molar-refractivity contribution in [2.45, 2.75) is 57.4 Å². The Morgan fingerprint density at radius 3 is 2.38 bits per heavy atom. The number of hydrogen-bond acceptors (Lipinski definition) is 3. The third-order valence-electron chi connectivity index (χ3n) is 4.34. The molecule has 0 bridgehead atoms. The minimum atomic E-state index is -3.53. The standard InChI is InChI=1S/C18H28N2O3S/c1-4-12-20(13-15-6-7-15)18(21)16-8-10-17(11-9-16)24(22,23)19-14(3)5-2/h8-11,14-15,19H,4-7,12-13H2,1-3H3. The van der Waals surface area contributed by atoms with E-state index >= 15 is 0 Å². The van der Waals surface area contributed by atoms with Gasteiger partial charge in [-0.2, -0.15) is 0 Å². The summed E-state index contributed by atoms with van der Waals surface area (Å²) in [6, 6.07) is 6.14. The maximum atomic E-state index is 12.6. The van der Waals surface area contributed by atoms with Crippen molar-refractivity contribution in [2.75, 3.05) is 13.1 Å². The van der Waals surface area contributed by atoms with Gasteiger partial charge in [0.2, 0.25) is 10.0 Å². The summed E-state index contributed by atoms with van der Waals surface area (Å²) in [7, 11) is -3.53. The van der Waals surface area contributed by atoms with Gasteiger partial charge < -0.3 is 4.90 Å². The van der Waals surface area contributed by atoms with Gasteiger partial charge in [0.15, 0.2) is 0 Å². The Hall–Kier alpha value is -1.40. The topological polar surface area (TPSA) is 66.5 Å². The highest BCUT2D eigenvalue weighted by Crippen LogP contribution is 2.30. The molecule has 1 aliphatic carbocycles. The molecule has 1 fully saturated rings. The second-order valence-electron chi connectivity index (χ2n) is 6.65. The highest BCUT2D eigenvalue weighted by atomic mass is 32.2. The summed E-state index contributed by atoms with van der Waals surface area (Å²) in [5.41, 5.74) is 0.548. The molecule has 1 saturated carbocycles. The third kappa shape index (κ3) is 5.05. The van der Waals surface area contributed by atoms with Crippen LogP contribution in [0.1, 0.15) is 56.8 Å². The summed E-state index contributed by atoms with van der Waals surface area (Å²) in [4.78, 5) is 14.7. The maximum absolute atomic E-state index is 12.6. The van der Waals surface area contributed by atoms with Crippen molar-refractivity contribution in [2.24, 2.45) is 5.92 Å². The van der Waals surface area contributed by atoms with Gasteiger partial charge in [0, 0.05) is 24.7 Å². The number of nitrogens with zero attached hydrogens (tertiary/aromatic N) is 1. The monoisotopic (exact) mass is 352 g/mol. The fourth-order valence-electron chi connectivity index (χ4n) is 2.53. The van der Waals surface area contributed by atoms with E-state index in [1.54, 1.807) is 12.1 Å². The molecule has 1 atom stereocenters. The van der Waals surface area contributed by atoms with Crippen LogP contribution in [0.4, 0.5) is 0 Å². The lowest BCUT2D eigenvalue weighted by Gasteiger charge is -2.22. The molecule has 1 aliphatic rings. The van der Waals surface area contributed by atoms with Crippen molar-refractivity contribution >= 4 is 15.9 Å². The van der Waals surface area contributed by atoms with Crippen LogP contribution in [0, 0.1) is 5.92 Å². The van der Waals surface area contributed by atoms with Crippen LogP contribution in [0.15, 0.2) is 29.2 Å². The first-order valence-corrected chi connectivity index (χ1v) is 10.3. The lowest BCUT2D eigenvalue weighted by Crippen LogP contribution is -2.34. The minimum Gasteiger partial charge on any atom is -0.338 e. The molecule has 0 aromatic heterocycles. The molecule has 0 saturated heterocycles. The molecule has 1 aromatic carbocycles. The molecule has 1 amide bonds.